The monoisotopic (exact) mass is 248 g/mol. The zero-order valence-electron chi connectivity index (χ0n) is 8.52. The Kier molecular flexibility index (Phi) is 2.12. The van der Waals surface area contributed by atoms with Crippen molar-refractivity contribution in [2.24, 2.45) is 0 Å². The van der Waals surface area contributed by atoms with Crippen molar-refractivity contribution in [1.82, 2.24) is 9.38 Å². The summed E-state index contributed by atoms with van der Waals surface area (Å²) in [5.41, 5.74) is 2.30. The lowest BCUT2D eigenvalue weighted by Gasteiger charge is -2.03. The average molecular weight is 249 g/mol. The van der Waals surface area contributed by atoms with Crippen molar-refractivity contribution in [2.75, 3.05) is 0 Å². The summed E-state index contributed by atoms with van der Waals surface area (Å²) in [6.45, 7) is 0. The van der Waals surface area contributed by atoms with E-state index in [-0.39, 0.29) is 11.0 Å². The van der Waals surface area contributed by atoms with Crippen LogP contribution in [0.2, 0.25) is 5.15 Å². The van der Waals surface area contributed by atoms with Gasteiger partial charge in [0.15, 0.2) is 11.4 Å². The third-order valence-electron chi connectivity index (χ3n) is 2.60. The Balaban J connectivity index is 2.53. The molecule has 84 valence electrons. The van der Waals surface area contributed by atoms with Crippen LogP contribution in [0.5, 0.6) is 0 Å². The normalized spacial score (nSPS) is 11.2. The van der Waals surface area contributed by atoms with Crippen molar-refractivity contribution in [2.45, 2.75) is 0 Å². The van der Waals surface area contributed by atoms with E-state index in [2.05, 4.69) is 4.98 Å². The highest BCUT2D eigenvalue weighted by Gasteiger charge is 2.09. The second-order valence-electron chi connectivity index (χ2n) is 3.68. The Morgan fingerprint density at radius 3 is 2.88 bits per heavy atom. The fourth-order valence-corrected chi connectivity index (χ4v) is 2.10. The number of nitrogens with zero attached hydrogens (tertiary/aromatic N) is 2. The highest BCUT2D eigenvalue weighted by Crippen LogP contribution is 2.24. The maximum absolute atomic E-state index is 13.1. The van der Waals surface area contributed by atoms with Crippen molar-refractivity contribution in [3.05, 3.63) is 47.0 Å². The van der Waals surface area contributed by atoms with Gasteiger partial charge in [-0.15, -0.1) is 0 Å². The average Bonchev–Trinajstić information content (AvgIpc) is 2.73. The molecule has 3 aromatic rings. The third kappa shape index (κ3) is 1.49. The Bertz CT molecular complexity index is 751. The van der Waals surface area contributed by atoms with Gasteiger partial charge in [-0.1, -0.05) is 11.6 Å². The van der Waals surface area contributed by atoms with Gasteiger partial charge in [0, 0.05) is 17.8 Å². The molecule has 5 heteroatoms. The summed E-state index contributed by atoms with van der Waals surface area (Å²) in [4.78, 5) is 14.8. The predicted molar refractivity (Wildman–Crippen MR) is 63.1 cm³/mol. The first kappa shape index (κ1) is 10.2. The number of aromatic nitrogens is 2. The van der Waals surface area contributed by atoms with E-state index in [0.717, 1.165) is 6.29 Å². The molecule has 0 fully saturated rings. The fourth-order valence-electron chi connectivity index (χ4n) is 1.86. The summed E-state index contributed by atoms with van der Waals surface area (Å²) >= 11 is 5.99. The van der Waals surface area contributed by atoms with E-state index in [1.54, 1.807) is 22.7 Å². The largest absolute Gasteiger partial charge is 0.311 e. The first-order chi connectivity index (χ1) is 8.19. The number of benzene rings is 1. The van der Waals surface area contributed by atoms with Crippen molar-refractivity contribution in [1.29, 1.82) is 0 Å². The van der Waals surface area contributed by atoms with Crippen LogP contribution in [-0.2, 0) is 0 Å². The van der Waals surface area contributed by atoms with E-state index >= 15 is 0 Å². The number of carbonyl (C=O) groups excluding carboxylic acids is 1. The minimum atomic E-state index is -0.372. The molecule has 1 aromatic carbocycles. The molecule has 0 bridgehead atoms. The van der Waals surface area contributed by atoms with Crippen LogP contribution < -0.4 is 0 Å². The van der Waals surface area contributed by atoms with E-state index in [1.165, 1.54) is 12.1 Å². The number of hydrogen-bond acceptors (Lipinski definition) is 2. The Hall–Kier alpha value is -1.94. The van der Waals surface area contributed by atoms with Gasteiger partial charge in [0.2, 0.25) is 0 Å². The van der Waals surface area contributed by atoms with Crippen LogP contribution in [0.1, 0.15) is 10.4 Å². The smallest absolute Gasteiger partial charge is 0.153 e. The highest BCUT2D eigenvalue weighted by molar-refractivity contribution is 6.33. The van der Waals surface area contributed by atoms with E-state index in [9.17, 15) is 9.18 Å². The molecule has 2 aromatic heterocycles. The van der Waals surface area contributed by atoms with Gasteiger partial charge in [-0.25, -0.2) is 9.37 Å². The van der Waals surface area contributed by atoms with Gasteiger partial charge in [0.25, 0.3) is 0 Å². The van der Waals surface area contributed by atoms with E-state index in [0.29, 0.717) is 22.1 Å². The van der Waals surface area contributed by atoms with E-state index in [1.807, 2.05) is 0 Å². The SMILES string of the molecule is O=Cc1cc2c(Cl)nc3cc(F)ccc3n2c1. The summed E-state index contributed by atoms with van der Waals surface area (Å²) in [5.74, 6) is -0.372. The molecule has 3 nitrogen and oxygen atoms in total. The molecule has 0 aliphatic heterocycles. The molecule has 0 amide bonds. The predicted octanol–water partition coefficient (Wildman–Crippen LogP) is 3.09. The molecule has 0 aliphatic rings. The molecule has 0 aliphatic carbocycles. The number of halogens is 2. The quantitative estimate of drug-likeness (QED) is 0.620. The van der Waals surface area contributed by atoms with Crippen molar-refractivity contribution >= 4 is 34.4 Å². The van der Waals surface area contributed by atoms with Crippen molar-refractivity contribution < 1.29 is 9.18 Å². The summed E-state index contributed by atoms with van der Waals surface area (Å²) in [7, 11) is 0. The highest BCUT2D eigenvalue weighted by atomic mass is 35.5. The lowest BCUT2D eigenvalue weighted by atomic mass is 10.3. The van der Waals surface area contributed by atoms with E-state index in [4.69, 9.17) is 11.6 Å². The summed E-state index contributed by atoms with van der Waals surface area (Å²) in [6, 6.07) is 5.90. The Morgan fingerprint density at radius 1 is 1.29 bits per heavy atom. The molecule has 0 unspecified atom stereocenters. The maximum atomic E-state index is 13.1. The number of carbonyl (C=O) groups is 1. The van der Waals surface area contributed by atoms with Crippen molar-refractivity contribution in [3.8, 4) is 0 Å². The lowest BCUT2D eigenvalue weighted by molar-refractivity contribution is 0.112. The topological polar surface area (TPSA) is 34.4 Å². The summed E-state index contributed by atoms with van der Waals surface area (Å²) in [5, 5.41) is 0.246. The first-order valence-electron chi connectivity index (χ1n) is 4.91. The Morgan fingerprint density at radius 2 is 2.12 bits per heavy atom. The molecule has 0 N–H and O–H groups in total. The molecule has 0 saturated heterocycles. The minimum Gasteiger partial charge on any atom is -0.311 e. The molecule has 0 spiro atoms. The molecule has 17 heavy (non-hydrogen) atoms. The van der Waals surface area contributed by atoms with Gasteiger partial charge in [-0.2, -0.15) is 0 Å². The lowest BCUT2D eigenvalue weighted by Crippen LogP contribution is -1.91. The van der Waals surface area contributed by atoms with Crippen LogP contribution in [0.3, 0.4) is 0 Å². The zero-order valence-corrected chi connectivity index (χ0v) is 9.28. The van der Waals surface area contributed by atoms with Crippen LogP contribution >= 0.6 is 11.6 Å². The standard InChI is InChI=1S/C12H6ClFN2O/c13-12-11-3-7(6-17)5-16(11)10-2-1-8(14)4-9(10)15-12/h1-6H. The molecule has 0 atom stereocenters. The van der Waals surface area contributed by atoms with Gasteiger partial charge in [0.1, 0.15) is 5.82 Å². The van der Waals surface area contributed by atoms with Crippen LogP contribution in [0.25, 0.3) is 16.6 Å². The third-order valence-corrected chi connectivity index (χ3v) is 2.88. The minimum absolute atomic E-state index is 0.246. The van der Waals surface area contributed by atoms with Crippen LogP contribution in [0.4, 0.5) is 4.39 Å². The summed E-state index contributed by atoms with van der Waals surface area (Å²) in [6.07, 6.45) is 2.38. The number of hydrogen-bond donors (Lipinski definition) is 0. The summed E-state index contributed by atoms with van der Waals surface area (Å²) < 4.78 is 14.8. The molecular weight excluding hydrogens is 243 g/mol. The first-order valence-corrected chi connectivity index (χ1v) is 5.29. The molecule has 0 saturated carbocycles. The second kappa shape index (κ2) is 3.53. The van der Waals surface area contributed by atoms with Gasteiger partial charge < -0.3 is 4.40 Å². The number of fused-ring (bicyclic) bond motifs is 3. The number of aldehydes is 1. The van der Waals surface area contributed by atoms with Gasteiger partial charge >= 0.3 is 0 Å². The Labute approximate surface area is 100 Å². The maximum Gasteiger partial charge on any atom is 0.153 e. The zero-order chi connectivity index (χ0) is 12.0. The molecule has 0 radical (unpaired) electrons. The molecule has 2 heterocycles. The molecule has 3 rings (SSSR count). The van der Waals surface area contributed by atoms with Crippen molar-refractivity contribution in [3.63, 3.8) is 0 Å². The van der Waals surface area contributed by atoms with Gasteiger partial charge in [-0.3, -0.25) is 4.79 Å². The van der Waals surface area contributed by atoms with Gasteiger partial charge in [0.05, 0.1) is 16.6 Å². The van der Waals surface area contributed by atoms with Crippen LogP contribution in [0, 0.1) is 5.82 Å². The van der Waals surface area contributed by atoms with E-state index < -0.39 is 0 Å². The second-order valence-corrected chi connectivity index (χ2v) is 4.04. The fraction of sp³-hybridized carbons (Fsp3) is 0. The van der Waals surface area contributed by atoms with Gasteiger partial charge in [-0.05, 0) is 18.2 Å². The van der Waals surface area contributed by atoms with Crippen LogP contribution in [0.15, 0.2) is 30.5 Å². The number of rotatable bonds is 1. The molecular formula is C12H6ClFN2O. The van der Waals surface area contributed by atoms with Crippen LogP contribution in [-0.4, -0.2) is 15.7 Å².